The normalized spacial score (nSPS) is 34.1. The van der Waals surface area contributed by atoms with Gasteiger partial charge in [-0.2, -0.15) is 0 Å². The molecule has 2 aliphatic rings. The fraction of sp³-hybridized carbons (Fsp3) is 0.889. The van der Waals surface area contributed by atoms with Crippen LogP contribution in [0.25, 0.3) is 0 Å². The largest absolute Gasteiger partial charge is 0.352 e. The van der Waals surface area contributed by atoms with Gasteiger partial charge in [-0.05, 0) is 19.4 Å². The number of carbonyl (C=O) groups excluding carboxylic acids is 1. The van der Waals surface area contributed by atoms with Crippen molar-refractivity contribution in [3.05, 3.63) is 0 Å². The van der Waals surface area contributed by atoms with Crippen LogP contribution in [-0.4, -0.2) is 45.0 Å². The third-order valence-corrected chi connectivity index (χ3v) is 4.78. The lowest BCUT2D eigenvalue weighted by Crippen LogP contribution is -2.40. The lowest BCUT2D eigenvalue weighted by Gasteiger charge is -2.14. The smallest absolute Gasteiger partial charge is 0.224 e. The van der Waals surface area contributed by atoms with Crippen molar-refractivity contribution in [2.75, 3.05) is 24.6 Å². The Kier molecular flexibility index (Phi) is 2.97. The van der Waals surface area contributed by atoms with E-state index in [1.807, 2.05) is 0 Å². The summed E-state index contributed by atoms with van der Waals surface area (Å²) in [4.78, 5) is 11.7. The summed E-state index contributed by atoms with van der Waals surface area (Å²) < 4.78 is 22.4. The zero-order chi connectivity index (χ0) is 10.9. The van der Waals surface area contributed by atoms with Crippen molar-refractivity contribution in [2.24, 2.45) is 5.92 Å². The van der Waals surface area contributed by atoms with Gasteiger partial charge in [0.05, 0.1) is 17.4 Å². The summed E-state index contributed by atoms with van der Waals surface area (Å²) in [5.74, 6) is -0.229. The molecule has 2 rings (SSSR count). The monoisotopic (exact) mass is 232 g/mol. The number of sulfone groups is 1. The predicted molar refractivity (Wildman–Crippen MR) is 56.2 cm³/mol. The second-order valence-corrected chi connectivity index (χ2v) is 6.53. The molecular weight excluding hydrogens is 216 g/mol. The molecule has 0 saturated carbocycles. The SMILES string of the molecule is O=C(N[C@@H]1CCNC1)C1CCS(=O)(=O)C1. The van der Waals surface area contributed by atoms with E-state index in [-0.39, 0.29) is 29.4 Å². The quantitative estimate of drug-likeness (QED) is 0.633. The molecule has 1 unspecified atom stereocenters. The topological polar surface area (TPSA) is 75.3 Å². The molecule has 2 saturated heterocycles. The van der Waals surface area contributed by atoms with Gasteiger partial charge >= 0.3 is 0 Å². The Morgan fingerprint density at radius 3 is 2.67 bits per heavy atom. The van der Waals surface area contributed by atoms with Crippen molar-refractivity contribution in [3.8, 4) is 0 Å². The lowest BCUT2D eigenvalue weighted by atomic mass is 10.1. The molecule has 2 atom stereocenters. The maximum absolute atomic E-state index is 11.7. The maximum atomic E-state index is 11.7. The molecule has 86 valence electrons. The molecule has 2 aliphatic heterocycles. The van der Waals surface area contributed by atoms with Crippen LogP contribution in [0.1, 0.15) is 12.8 Å². The van der Waals surface area contributed by atoms with E-state index in [2.05, 4.69) is 10.6 Å². The fourth-order valence-electron chi connectivity index (χ4n) is 2.10. The number of hydrogen-bond acceptors (Lipinski definition) is 4. The highest BCUT2D eigenvalue weighted by Gasteiger charge is 2.33. The van der Waals surface area contributed by atoms with Crippen LogP contribution in [-0.2, 0) is 14.6 Å². The van der Waals surface area contributed by atoms with Crippen molar-refractivity contribution < 1.29 is 13.2 Å². The Hall–Kier alpha value is -0.620. The molecule has 5 nitrogen and oxygen atoms in total. The molecule has 0 aromatic heterocycles. The first-order chi connectivity index (χ1) is 7.07. The van der Waals surface area contributed by atoms with Gasteiger partial charge in [-0.25, -0.2) is 8.42 Å². The molecule has 2 heterocycles. The van der Waals surface area contributed by atoms with Crippen molar-refractivity contribution in [1.82, 2.24) is 10.6 Å². The Morgan fingerprint density at radius 2 is 2.13 bits per heavy atom. The van der Waals surface area contributed by atoms with Gasteiger partial charge in [0.1, 0.15) is 0 Å². The Bertz CT molecular complexity index is 346. The summed E-state index contributed by atoms with van der Waals surface area (Å²) in [6, 6.07) is 0.181. The summed E-state index contributed by atoms with van der Waals surface area (Å²) in [5, 5.41) is 6.04. The van der Waals surface area contributed by atoms with Crippen LogP contribution >= 0.6 is 0 Å². The lowest BCUT2D eigenvalue weighted by molar-refractivity contribution is -0.124. The summed E-state index contributed by atoms with van der Waals surface area (Å²) >= 11 is 0. The van der Waals surface area contributed by atoms with Crippen LogP contribution in [0, 0.1) is 5.92 Å². The average Bonchev–Trinajstić information content (AvgIpc) is 2.74. The maximum Gasteiger partial charge on any atom is 0.224 e. The molecule has 0 aliphatic carbocycles. The number of carbonyl (C=O) groups is 1. The molecule has 0 radical (unpaired) electrons. The van der Waals surface area contributed by atoms with Crippen molar-refractivity contribution in [2.45, 2.75) is 18.9 Å². The summed E-state index contributed by atoms with van der Waals surface area (Å²) in [7, 11) is -2.95. The number of amides is 1. The summed E-state index contributed by atoms with van der Waals surface area (Å²) in [6.07, 6.45) is 1.42. The van der Waals surface area contributed by atoms with Crippen LogP contribution in [0.5, 0.6) is 0 Å². The van der Waals surface area contributed by atoms with Crippen LogP contribution < -0.4 is 10.6 Å². The molecule has 6 heteroatoms. The molecule has 2 fully saturated rings. The number of hydrogen-bond donors (Lipinski definition) is 2. The minimum absolute atomic E-state index is 0.0268. The highest BCUT2D eigenvalue weighted by molar-refractivity contribution is 7.91. The Balaban J connectivity index is 1.86. The predicted octanol–water partition coefficient (Wildman–Crippen LogP) is -1.10. The first kappa shape index (κ1) is 10.9. The zero-order valence-electron chi connectivity index (χ0n) is 8.53. The van der Waals surface area contributed by atoms with Crippen LogP contribution in [0.15, 0.2) is 0 Å². The molecule has 2 N–H and O–H groups in total. The van der Waals surface area contributed by atoms with Crippen molar-refractivity contribution in [1.29, 1.82) is 0 Å². The second kappa shape index (κ2) is 4.09. The van der Waals surface area contributed by atoms with Crippen molar-refractivity contribution >= 4 is 15.7 Å². The zero-order valence-corrected chi connectivity index (χ0v) is 9.35. The van der Waals surface area contributed by atoms with Gasteiger partial charge in [0.25, 0.3) is 0 Å². The molecule has 0 aromatic carbocycles. The molecule has 15 heavy (non-hydrogen) atoms. The highest BCUT2D eigenvalue weighted by Crippen LogP contribution is 2.18. The summed E-state index contributed by atoms with van der Waals surface area (Å²) in [5.41, 5.74) is 0. The van der Waals surface area contributed by atoms with Gasteiger partial charge in [0.15, 0.2) is 9.84 Å². The molecule has 0 aromatic rings. The van der Waals surface area contributed by atoms with Crippen LogP contribution in [0.3, 0.4) is 0 Å². The fourth-order valence-corrected chi connectivity index (χ4v) is 3.84. The standard InChI is InChI=1S/C9H16N2O3S/c12-9(11-8-1-3-10-5-8)7-2-4-15(13,14)6-7/h7-8,10H,1-6H2,(H,11,12)/t7?,8-/m1/s1. The van der Waals surface area contributed by atoms with E-state index in [4.69, 9.17) is 0 Å². The second-order valence-electron chi connectivity index (χ2n) is 4.30. The van der Waals surface area contributed by atoms with Gasteiger partial charge in [-0.15, -0.1) is 0 Å². The number of nitrogens with one attached hydrogen (secondary N) is 2. The number of rotatable bonds is 2. The minimum atomic E-state index is -2.95. The first-order valence-corrected chi connectivity index (χ1v) is 7.10. The third-order valence-electron chi connectivity index (χ3n) is 3.01. The van der Waals surface area contributed by atoms with Gasteiger partial charge in [-0.1, -0.05) is 0 Å². The first-order valence-electron chi connectivity index (χ1n) is 5.28. The molecule has 0 spiro atoms. The van der Waals surface area contributed by atoms with E-state index in [1.165, 1.54) is 0 Å². The Labute approximate surface area is 89.5 Å². The molecule has 0 bridgehead atoms. The summed E-state index contributed by atoms with van der Waals surface area (Å²) in [6.45, 7) is 1.72. The third kappa shape index (κ3) is 2.69. The van der Waals surface area contributed by atoms with Crippen LogP contribution in [0.4, 0.5) is 0 Å². The average molecular weight is 232 g/mol. The van der Waals surface area contributed by atoms with Crippen LogP contribution in [0.2, 0.25) is 0 Å². The van der Waals surface area contributed by atoms with Gasteiger partial charge < -0.3 is 10.6 Å². The molecular formula is C9H16N2O3S. The van der Waals surface area contributed by atoms with Gasteiger partial charge in [0, 0.05) is 12.6 Å². The van der Waals surface area contributed by atoms with E-state index >= 15 is 0 Å². The Morgan fingerprint density at radius 1 is 1.33 bits per heavy atom. The molecule has 1 amide bonds. The van der Waals surface area contributed by atoms with Gasteiger partial charge in [-0.3, -0.25) is 4.79 Å². The van der Waals surface area contributed by atoms with E-state index in [0.717, 1.165) is 19.5 Å². The van der Waals surface area contributed by atoms with Crippen molar-refractivity contribution in [3.63, 3.8) is 0 Å². The van der Waals surface area contributed by atoms with E-state index in [1.54, 1.807) is 0 Å². The van der Waals surface area contributed by atoms with Gasteiger partial charge in [0.2, 0.25) is 5.91 Å². The van der Waals surface area contributed by atoms with E-state index in [9.17, 15) is 13.2 Å². The minimum Gasteiger partial charge on any atom is -0.352 e. The highest BCUT2D eigenvalue weighted by atomic mass is 32.2. The van der Waals surface area contributed by atoms with E-state index < -0.39 is 9.84 Å². The van der Waals surface area contributed by atoms with E-state index in [0.29, 0.717) is 6.42 Å².